The first-order valence-corrected chi connectivity index (χ1v) is 8.12. The number of aromatic hydroxyl groups is 1. The van der Waals surface area contributed by atoms with E-state index < -0.39 is 17.4 Å². The van der Waals surface area contributed by atoms with Gasteiger partial charge in [-0.3, -0.25) is 0 Å². The molecule has 0 amide bonds. The summed E-state index contributed by atoms with van der Waals surface area (Å²) in [5, 5.41) is 9.58. The van der Waals surface area contributed by atoms with Crippen molar-refractivity contribution in [2.45, 2.75) is 19.4 Å². The van der Waals surface area contributed by atoms with E-state index in [-0.39, 0.29) is 6.04 Å². The number of nitrogens with zero attached hydrogens (tertiary/aromatic N) is 5. The summed E-state index contributed by atoms with van der Waals surface area (Å²) in [6.45, 7) is 2.48. The first-order valence-electron chi connectivity index (χ1n) is 8.12. The van der Waals surface area contributed by atoms with Gasteiger partial charge in [-0.2, -0.15) is 4.39 Å². The number of fused-ring (bicyclic) bond motifs is 1. The Morgan fingerprint density at radius 2 is 1.88 bits per heavy atom. The molecule has 0 radical (unpaired) electrons. The zero-order chi connectivity index (χ0) is 18.3. The van der Waals surface area contributed by atoms with Crippen LogP contribution in [0.4, 0.5) is 14.5 Å². The van der Waals surface area contributed by atoms with E-state index in [1.807, 2.05) is 11.8 Å². The molecular formula is C18H15F2N5O. The number of aromatic nitrogens is 4. The van der Waals surface area contributed by atoms with Crippen LogP contribution in [0, 0.1) is 11.6 Å². The molecule has 0 spiro atoms. The highest BCUT2D eigenvalue weighted by atomic mass is 19.2. The van der Waals surface area contributed by atoms with E-state index in [1.54, 1.807) is 24.7 Å². The fourth-order valence-corrected chi connectivity index (χ4v) is 3.17. The van der Waals surface area contributed by atoms with Crippen LogP contribution in [0.2, 0.25) is 0 Å². The molecule has 1 aliphatic heterocycles. The summed E-state index contributed by atoms with van der Waals surface area (Å²) in [6.07, 6.45) is 5.57. The minimum atomic E-state index is -1.24. The van der Waals surface area contributed by atoms with Crippen molar-refractivity contribution in [1.82, 2.24) is 19.9 Å². The molecule has 8 heteroatoms. The van der Waals surface area contributed by atoms with Gasteiger partial charge in [-0.25, -0.2) is 24.3 Å². The quantitative estimate of drug-likeness (QED) is 0.762. The zero-order valence-corrected chi connectivity index (χ0v) is 13.9. The van der Waals surface area contributed by atoms with Gasteiger partial charge in [0.25, 0.3) is 0 Å². The minimum Gasteiger partial charge on any atom is -0.505 e. The number of benzene rings is 1. The van der Waals surface area contributed by atoms with Crippen molar-refractivity contribution in [1.29, 1.82) is 0 Å². The van der Waals surface area contributed by atoms with Crippen LogP contribution in [0.5, 0.6) is 5.75 Å². The SMILES string of the molecule is C[C@H]1c2cnc(-c3ncccn3)nc2CCN1c1cc(O)c(F)c(F)c1. The van der Waals surface area contributed by atoms with Crippen LogP contribution in [-0.4, -0.2) is 31.6 Å². The number of hydrogen-bond acceptors (Lipinski definition) is 6. The van der Waals surface area contributed by atoms with Crippen molar-refractivity contribution >= 4 is 5.69 Å². The Kier molecular flexibility index (Phi) is 3.95. The van der Waals surface area contributed by atoms with Crippen LogP contribution in [0.1, 0.15) is 24.2 Å². The fraction of sp³-hybridized carbons (Fsp3) is 0.222. The summed E-state index contributed by atoms with van der Waals surface area (Å²) in [6, 6.07) is 3.88. The third-order valence-electron chi connectivity index (χ3n) is 4.50. The van der Waals surface area contributed by atoms with E-state index in [4.69, 9.17) is 0 Å². The third kappa shape index (κ3) is 2.73. The highest BCUT2D eigenvalue weighted by molar-refractivity contribution is 5.55. The van der Waals surface area contributed by atoms with Crippen LogP contribution in [-0.2, 0) is 6.42 Å². The Labute approximate surface area is 148 Å². The molecule has 1 atom stereocenters. The van der Waals surface area contributed by atoms with Crippen molar-refractivity contribution < 1.29 is 13.9 Å². The highest BCUT2D eigenvalue weighted by Crippen LogP contribution is 2.35. The lowest BCUT2D eigenvalue weighted by atomic mass is 9.98. The zero-order valence-electron chi connectivity index (χ0n) is 13.9. The number of phenols is 1. The molecule has 1 aromatic carbocycles. The Hall–Kier alpha value is -3.16. The molecular weight excluding hydrogens is 340 g/mol. The Bertz CT molecular complexity index is 944. The van der Waals surface area contributed by atoms with E-state index in [0.717, 1.165) is 17.3 Å². The molecule has 0 unspecified atom stereocenters. The number of anilines is 1. The maximum atomic E-state index is 13.7. The summed E-state index contributed by atoms with van der Waals surface area (Å²) < 4.78 is 27.0. The molecule has 1 N–H and O–H groups in total. The lowest BCUT2D eigenvalue weighted by molar-refractivity contribution is 0.406. The van der Waals surface area contributed by atoms with E-state index in [9.17, 15) is 13.9 Å². The lowest BCUT2D eigenvalue weighted by Crippen LogP contribution is -2.34. The van der Waals surface area contributed by atoms with Crippen molar-refractivity contribution in [2.24, 2.45) is 0 Å². The lowest BCUT2D eigenvalue weighted by Gasteiger charge is -2.36. The van der Waals surface area contributed by atoms with Crippen LogP contribution >= 0.6 is 0 Å². The van der Waals surface area contributed by atoms with Gasteiger partial charge in [0.05, 0.1) is 11.7 Å². The predicted molar refractivity (Wildman–Crippen MR) is 90.5 cm³/mol. The van der Waals surface area contributed by atoms with Gasteiger partial charge in [-0.1, -0.05) is 0 Å². The van der Waals surface area contributed by atoms with Crippen molar-refractivity contribution in [3.8, 4) is 17.4 Å². The maximum Gasteiger partial charge on any atom is 0.200 e. The third-order valence-corrected chi connectivity index (χ3v) is 4.50. The maximum absolute atomic E-state index is 13.7. The Morgan fingerprint density at radius 3 is 2.62 bits per heavy atom. The summed E-state index contributed by atoms with van der Waals surface area (Å²) in [5.41, 5.74) is 2.17. The number of hydrogen-bond donors (Lipinski definition) is 1. The van der Waals surface area contributed by atoms with Crippen molar-refractivity contribution in [3.05, 3.63) is 59.7 Å². The molecule has 0 aliphatic carbocycles. The first kappa shape index (κ1) is 16.3. The highest BCUT2D eigenvalue weighted by Gasteiger charge is 2.27. The molecule has 2 aromatic heterocycles. The summed E-state index contributed by atoms with van der Waals surface area (Å²) in [4.78, 5) is 19.1. The molecule has 26 heavy (non-hydrogen) atoms. The second-order valence-electron chi connectivity index (χ2n) is 6.05. The molecule has 4 rings (SSSR count). The van der Waals surface area contributed by atoms with Crippen LogP contribution in [0.3, 0.4) is 0 Å². The van der Waals surface area contributed by atoms with Gasteiger partial charge in [0.2, 0.25) is 0 Å². The number of rotatable bonds is 2. The monoisotopic (exact) mass is 355 g/mol. The van der Waals surface area contributed by atoms with Crippen molar-refractivity contribution in [3.63, 3.8) is 0 Å². The van der Waals surface area contributed by atoms with Gasteiger partial charge in [-0.15, -0.1) is 0 Å². The van der Waals surface area contributed by atoms with Crippen LogP contribution in [0.15, 0.2) is 36.8 Å². The molecule has 0 fully saturated rings. The Morgan fingerprint density at radius 1 is 1.12 bits per heavy atom. The van der Waals surface area contributed by atoms with Gasteiger partial charge >= 0.3 is 0 Å². The second-order valence-corrected chi connectivity index (χ2v) is 6.05. The van der Waals surface area contributed by atoms with Gasteiger partial charge in [-0.05, 0) is 13.0 Å². The number of halogens is 2. The van der Waals surface area contributed by atoms with E-state index in [1.165, 1.54) is 6.07 Å². The number of phenolic OH excluding ortho intramolecular Hbond substituents is 1. The fourth-order valence-electron chi connectivity index (χ4n) is 3.17. The van der Waals surface area contributed by atoms with E-state index in [0.29, 0.717) is 30.3 Å². The smallest absolute Gasteiger partial charge is 0.200 e. The summed E-state index contributed by atoms with van der Waals surface area (Å²) in [5.74, 6) is -2.11. The average Bonchev–Trinajstić information content (AvgIpc) is 2.66. The normalized spacial score (nSPS) is 16.4. The second kappa shape index (κ2) is 6.29. The average molecular weight is 355 g/mol. The van der Waals surface area contributed by atoms with Crippen LogP contribution in [0.25, 0.3) is 11.6 Å². The molecule has 3 aromatic rings. The molecule has 3 heterocycles. The molecule has 1 aliphatic rings. The molecule has 0 bridgehead atoms. The van der Waals surface area contributed by atoms with E-state index >= 15 is 0 Å². The minimum absolute atomic E-state index is 0.159. The molecule has 0 saturated carbocycles. The molecule has 0 saturated heterocycles. The first-order chi connectivity index (χ1) is 12.5. The van der Waals surface area contributed by atoms with Crippen LogP contribution < -0.4 is 4.90 Å². The summed E-state index contributed by atoms with van der Waals surface area (Å²) >= 11 is 0. The Balaban J connectivity index is 1.68. The largest absolute Gasteiger partial charge is 0.505 e. The molecule has 132 valence electrons. The topological polar surface area (TPSA) is 75.0 Å². The predicted octanol–water partition coefficient (Wildman–Crippen LogP) is 3.04. The standard InChI is InChI=1S/C18H15F2N5O/c1-10-12-9-23-18(17-21-4-2-5-22-17)24-14(12)3-6-25(10)11-7-13(19)16(20)15(26)8-11/h2,4-5,7-10,26H,3,6H2,1H3/t10-/m0/s1. The van der Waals surface area contributed by atoms with Gasteiger partial charge in [0.1, 0.15) is 0 Å². The van der Waals surface area contributed by atoms with E-state index in [2.05, 4.69) is 19.9 Å². The summed E-state index contributed by atoms with van der Waals surface area (Å²) in [7, 11) is 0. The van der Waals surface area contributed by atoms with Gasteiger partial charge in [0.15, 0.2) is 29.0 Å². The van der Waals surface area contributed by atoms with Gasteiger partial charge in [0, 0.05) is 54.9 Å². The van der Waals surface area contributed by atoms with Gasteiger partial charge < -0.3 is 10.0 Å². The molecule has 6 nitrogen and oxygen atoms in total. The van der Waals surface area contributed by atoms with Crippen molar-refractivity contribution in [2.75, 3.05) is 11.4 Å².